The number of aryl methyl sites for hydroxylation is 1. The van der Waals surface area contributed by atoms with E-state index in [2.05, 4.69) is 10.5 Å². The topological polar surface area (TPSA) is 84.7 Å². The molecule has 0 radical (unpaired) electrons. The summed E-state index contributed by atoms with van der Waals surface area (Å²) in [6.07, 6.45) is 0.406. The number of hydrogen-bond donors (Lipinski definition) is 1. The van der Waals surface area contributed by atoms with Gasteiger partial charge in [-0.2, -0.15) is 0 Å². The van der Waals surface area contributed by atoms with Crippen LogP contribution in [0.1, 0.15) is 23.4 Å². The van der Waals surface area contributed by atoms with Gasteiger partial charge in [-0.05, 0) is 13.0 Å². The maximum atomic E-state index is 13.0. The molecule has 1 atom stereocenters. The predicted molar refractivity (Wildman–Crippen MR) is 78.6 cm³/mol. The lowest BCUT2D eigenvalue weighted by molar-refractivity contribution is -0.133. The standard InChI is InChI=1S/C16H15N3O4/c1-10-8-11(18-23-10)9-19-14(20)16(17-15(19)21)6-7-22-13-5-3-2-4-12(13)16/h2-5,8H,6-7,9H2,1H3,(H,17,21)/t16-/m1/s1. The highest BCUT2D eigenvalue weighted by Gasteiger charge is 2.54. The van der Waals surface area contributed by atoms with E-state index >= 15 is 0 Å². The summed E-state index contributed by atoms with van der Waals surface area (Å²) in [7, 11) is 0. The molecule has 118 valence electrons. The second kappa shape index (κ2) is 4.84. The lowest BCUT2D eigenvalue weighted by atomic mass is 9.84. The van der Waals surface area contributed by atoms with Crippen molar-refractivity contribution in [2.75, 3.05) is 6.61 Å². The van der Waals surface area contributed by atoms with Crippen LogP contribution in [0.25, 0.3) is 0 Å². The van der Waals surface area contributed by atoms with Crippen molar-refractivity contribution < 1.29 is 18.8 Å². The smallest absolute Gasteiger partial charge is 0.325 e. The third kappa shape index (κ3) is 2.00. The number of imide groups is 1. The first-order valence-electron chi connectivity index (χ1n) is 7.39. The predicted octanol–water partition coefficient (Wildman–Crippen LogP) is 1.71. The molecular weight excluding hydrogens is 298 g/mol. The molecule has 0 bridgehead atoms. The summed E-state index contributed by atoms with van der Waals surface area (Å²) < 4.78 is 10.6. The summed E-state index contributed by atoms with van der Waals surface area (Å²) in [6.45, 7) is 2.23. The Bertz CT molecular complexity index is 800. The fourth-order valence-corrected chi connectivity index (χ4v) is 3.17. The summed E-state index contributed by atoms with van der Waals surface area (Å²) in [5.74, 6) is 0.989. The molecule has 23 heavy (non-hydrogen) atoms. The second-order valence-corrected chi connectivity index (χ2v) is 5.75. The Hall–Kier alpha value is -2.83. The fraction of sp³-hybridized carbons (Fsp3) is 0.312. The van der Waals surface area contributed by atoms with E-state index in [1.165, 1.54) is 4.90 Å². The average molecular weight is 313 g/mol. The normalized spacial score (nSPS) is 22.9. The highest BCUT2D eigenvalue weighted by Crippen LogP contribution is 2.41. The Kier molecular flexibility index (Phi) is 2.90. The van der Waals surface area contributed by atoms with Gasteiger partial charge in [-0.1, -0.05) is 23.4 Å². The molecule has 1 saturated heterocycles. The van der Waals surface area contributed by atoms with E-state index in [1.54, 1.807) is 19.1 Å². The number of nitrogens with one attached hydrogen (secondary N) is 1. The number of rotatable bonds is 2. The molecular formula is C16H15N3O4. The maximum absolute atomic E-state index is 13.0. The molecule has 7 heteroatoms. The van der Waals surface area contributed by atoms with Crippen molar-refractivity contribution in [2.45, 2.75) is 25.4 Å². The van der Waals surface area contributed by atoms with Crippen LogP contribution in [-0.4, -0.2) is 28.6 Å². The number of carbonyl (C=O) groups is 2. The summed E-state index contributed by atoms with van der Waals surface area (Å²) in [5, 5.41) is 6.70. The number of aromatic nitrogens is 1. The maximum Gasteiger partial charge on any atom is 0.325 e. The van der Waals surface area contributed by atoms with Crippen LogP contribution in [0.4, 0.5) is 4.79 Å². The van der Waals surface area contributed by atoms with Crippen LogP contribution in [0.2, 0.25) is 0 Å². The number of benzene rings is 1. The van der Waals surface area contributed by atoms with Crippen molar-refractivity contribution in [2.24, 2.45) is 0 Å². The Morgan fingerprint density at radius 1 is 1.35 bits per heavy atom. The zero-order chi connectivity index (χ0) is 16.0. The molecule has 2 aromatic rings. The summed E-state index contributed by atoms with van der Waals surface area (Å²) >= 11 is 0. The number of urea groups is 1. The molecule has 2 aliphatic heterocycles. The van der Waals surface area contributed by atoms with Crippen LogP contribution in [0.3, 0.4) is 0 Å². The SMILES string of the molecule is Cc1cc(CN2C(=O)N[C@@]3(CCOc4ccccc43)C2=O)no1. The monoisotopic (exact) mass is 313 g/mol. The van der Waals surface area contributed by atoms with Gasteiger partial charge in [0.2, 0.25) is 0 Å². The van der Waals surface area contributed by atoms with E-state index in [0.717, 1.165) is 0 Å². The van der Waals surface area contributed by atoms with Gasteiger partial charge in [-0.25, -0.2) is 4.79 Å². The fourth-order valence-electron chi connectivity index (χ4n) is 3.17. The first kappa shape index (κ1) is 13.8. The molecule has 7 nitrogen and oxygen atoms in total. The summed E-state index contributed by atoms with van der Waals surface area (Å²) in [5.41, 5.74) is 0.192. The largest absolute Gasteiger partial charge is 0.493 e. The molecule has 4 rings (SSSR count). The van der Waals surface area contributed by atoms with E-state index in [4.69, 9.17) is 9.26 Å². The van der Waals surface area contributed by atoms with Crippen molar-refractivity contribution in [3.8, 4) is 5.75 Å². The van der Waals surface area contributed by atoms with E-state index in [0.29, 0.717) is 35.8 Å². The second-order valence-electron chi connectivity index (χ2n) is 5.75. The van der Waals surface area contributed by atoms with Crippen LogP contribution in [0, 0.1) is 6.92 Å². The van der Waals surface area contributed by atoms with E-state index in [1.807, 2.05) is 18.2 Å². The van der Waals surface area contributed by atoms with E-state index in [-0.39, 0.29) is 12.5 Å². The van der Waals surface area contributed by atoms with Gasteiger partial charge in [0, 0.05) is 18.1 Å². The van der Waals surface area contributed by atoms with Gasteiger partial charge in [0.25, 0.3) is 5.91 Å². The summed E-state index contributed by atoms with van der Waals surface area (Å²) in [4.78, 5) is 26.5. The minimum absolute atomic E-state index is 0.0901. The Morgan fingerprint density at radius 3 is 2.96 bits per heavy atom. The van der Waals surface area contributed by atoms with Gasteiger partial charge >= 0.3 is 6.03 Å². The molecule has 0 unspecified atom stereocenters. The molecule has 1 spiro atoms. The Labute approximate surface area is 132 Å². The van der Waals surface area contributed by atoms with Gasteiger partial charge in [-0.3, -0.25) is 9.69 Å². The minimum atomic E-state index is -1.05. The molecule has 2 aliphatic rings. The third-order valence-electron chi connectivity index (χ3n) is 4.25. The average Bonchev–Trinajstić information content (AvgIpc) is 3.06. The van der Waals surface area contributed by atoms with Crippen LogP contribution in [0.15, 0.2) is 34.9 Å². The zero-order valence-corrected chi connectivity index (χ0v) is 12.5. The van der Waals surface area contributed by atoms with Crippen LogP contribution < -0.4 is 10.1 Å². The lowest BCUT2D eigenvalue weighted by Gasteiger charge is -2.33. The van der Waals surface area contributed by atoms with Crippen molar-refractivity contribution in [3.63, 3.8) is 0 Å². The van der Waals surface area contributed by atoms with Gasteiger partial charge < -0.3 is 14.6 Å². The number of fused-ring (bicyclic) bond motifs is 2. The number of nitrogens with zero attached hydrogens (tertiary/aromatic N) is 2. The molecule has 3 heterocycles. The first-order chi connectivity index (χ1) is 11.1. The van der Waals surface area contributed by atoms with Crippen molar-refractivity contribution in [1.29, 1.82) is 0 Å². The Balaban J connectivity index is 1.70. The highest BCUT2D eigenvalue weighted by atomic mass is 16.5. The van der Waals surface area contributed by atoms with Gasteiger partial charge in [0.05, 0.1) is 13.2 Å². The van der Waals surface area contributed by atoms with Gasteiger partial charge in [0.15, 0.2) is 5.54 Å². The van der Waals surface area contributed by atoms with E-state index in [9.17, 15) is 9.59 Å². The molecule has 1 aromatic carbocycles. The third-order valence-corrected chi connectivity index (χ3v) is 4.25. The molecule has 1 aromatic heterocycles. The van der Waals surface area contributed by atoms with Crippen LogP contribution >= 0.6 is 0 Å². The lowest BCUT2D eigenvalue weighted by Crippen LogP contribution is -2.47. The minimum Gasteiger partial charge on any atom is -0.493 e. The molecule has 0 aliphatic carbocycles. The van der Waals surface area contributed by atoms with Crippen LogP contribution in [-0.2, 0) is 16.9 Å². The summed E-state index contributed by atoms with van der Waals surface area (Å²) in [6, 6.07) is 8.58. The van der Waals surface area contributed by atoms with E-state index < -0.39 is 11.6 Å². The first-order valence-corrected chi connectivity index (χ1v) is 7.39. The number of hydrogen-bond acceptors (Lipinski definition) is 5. The molecule has 3 amide bonds. The van der Waals surface area contributed by atoms with Crippen molar-refractivity contribution in [3.05, 3.63) is 47.3 Å². The number of amides is 3. The molecule has 0 saturated carbocycles. The molecule has 1 N–H and O–H groups in total. The number of para-hydroxylation sites is 1. The number of ether oxygens (including phenoxy) is 1. The van der Waals surface area contributed by atoms with Gasteiger partial charge in [0.1, 0.15) is 17.2 Å². The van der Waals surface area contributed by atoms with Crippen molar-refractivity contribution >= 4 is 11.9 Å². The van der Waals surface area contributed by atoms with Crippen LogP contribution in [0.5, 0.6) is 5.75 Å². The highest BCUT2D eigenvalue weighted by molar-refractivity contribution is 6.07. The molecule has 1 fully saturated rings. The quantitative estimate of drug-likeness (QED) is 0.853. The Morgan fingerprint density at radius 2 is 2.17 bits per heavy atom. The zero-order valence-electron chi connectivity index (χ0n) is 12.5. The number of carbonyl (C=O) groups excluding carboxylic acids is 2. The van der Waals surface area contributed by atoms with Crippen molar-refractivity contribution in [1.82, 2.24) is 15.4 Å². The van der Waals surface area contributed by atoms with Gasteiger partial charge in [-0.15, -0.1) is 0 Å².